The number of carbonyl (C=O) groups excluding carboxylic acids is 1. The van der Waals surface area contributed by atoms with Gasteiger partial charge in [-0.3, -0.25) is 14.7 Å². The number of nitrogens with one attached hydrogen (secondary N) is 1. The van der Waals surface area contributed by atoms with Crippen LogP contribution in [0.25, 0.3) is 0 Å². The van der Waals surface area contributed by atoms with Gasteiger partial charge in [0, 0.05) is 25.5 Å². The maximum absolute atomic E-state index is 13.3. The average Bonchev–Trinajstić information content (AvgIpc) is 2.78. The molecule has 1 N–H and O–H groups in total. The second-order valence-electron chi connectivity index (χ2n) is 8.27. The number of piperidine rings is 1. The zero-order chi connectivity index (χ0) is 22.6. The van der Waals surface area contributed by atoms with Crippen molar-refractivity contribution in [3.05, 3.63) is 53.9 Å². The van der Waals surface area contributed by atoms with Crippen LogP contribution in [0.3, 0.4) is 0 Å². The number of carbonyl (C=O) groups is 1. The second kappa shape index (κ2) is 9.77. The standard InChI is InChI=1S/C23H26F3N3O3/c24-23(25,26)19-4-1-5-20-22(19)32-18(15-31-20)14-29-9-6-16(7-10-29)13-28-21(30)11-17-3-2-8-27-12-17/h1-5,8,12,16,18H,6-7,9-11,13-15H2,(H,28,30). The summed E-state index contributed by atoms with van der Waals surface area (Å²) in [6, 6.07) is 7.51. The third-order valence-electron chi connectivity index (χ3n) is 5.84. The highest BCUT2D eigenvalue weighted by molar-refractivity contribution is 5.78. The van der Waals surface area contributed by atoms with Gasteiger partial charge >= 0.3 is 6.18 Å². The number of nitrogens with zero attached hydrogens (tertiary/aromatic N) is 2. The van der Waals surface area contributed by atoms with Gasteiger partial charge in [-0.1, -0.05) is 12.1 Å². The van der Waals surface area contributed by atoms with Gasteiger partial charge in [-0.05, 0) is 55.6 Å². The van der Waals surface area contributed by atoms with Crippen molar-refractivity contribution < 1.29 is 27.4 Å². The third-order valence-corrected chi connectivity index (χ3v) is 5.84. The smallest absolute Gasteiger partial charge is 0.420 e. The maximum Gasteiger partial charge on any atom is 0.420 e. The van der Waals surface area contributed by atoms with E-state index in [1.54, 1.807) is 12.4 Å². The molecule has 2 aliphatic heterocycles. The number of amides is 1. The minimum absolute atomic E-state index is 0.0210. The number of hydrogen-bond donors (Lipinski definition) is 1. The average molecular weight is 449 g/mol. The molecule has 3 heterocycles. The van der Waals surface area contributed by atoms with Gasteiger partial charge in [-0.15, -0.1) is 0 Å². The van der Waals surface area contributed by atoms with E-state index in [1.807, 2.05) is 12.1 Å². The van der Waals surface area contributed by atoms with Crippen LogP contribution in [0.2, 0.25) is 0 Å². The van der Waals surface area contributed by atoms with E-state index in [1.165, 1.54) is 12.1 Å². The summed E-state index contributed by atoms with van der Waals surface area (Å²) in [6.45, 7) is 2.95. The first-order valence-electron chi connectivity index (χ1n) is 10.8. The molecule has 0 spiro atoms. The minimum atomic E-state index is -4.49. The van der Waals surface area contributed by atoms with E-state index >= 15 is 0 Å². The Morgan fingerprint density at radius 1 is 1.19 bits per heavy atom. The fraction of sp³-hybridized carbons (Fsp3) is 0.478. The lowest BCUT2D eigenvalue weighted by Gasteiger charge is -2.36. The summed E-state index contributed by atoms with van der Waals surface area (Å²) in [5.74, 6) is 0.275. The van der Waals surface area contributed by atoms with E-state index in [-0.39, 0.29) is 24.0 Å². The van der Waals surface area contributed by atoms with Gasteiger partial charge in [0.15, 0.2) is 11.5 Å². The lowest BCUT2D eigenvalue weighted by atomic mass is 9.96. The monoisotopic (exact) mass is 449 g/mol. The summed E-state index contributed by atoms with van der Waals surface area (Å²) in [7, 11) is 0. The van der Waals surface area contributed by atoms with Gasteiger partial charge in [0.05, 0.1) is 6.42 Å². The van der Waals surface area contributed by atoms with Crippen molar-refractivity contribution in [3.63, 3.8) is 0 Å². The highest BCUT2D eigenvalue weighted by Gasteiger charge is 2.38. The van der Waals surface area contributed by atoms with Crippen LogP contribution in [0.5, 0.6) is 11.5 Å². The molecule has 32 heavy (non-hydrogen) atoms. The molecule has 2 aliphatic rings. The van der Waals surface area contributed by atoms with Gasteiger partial charge in [0.1, 0.15) is 18.3 Å². The predicted octanol–water partition coefficient (Wildman–Crippen LogP) is 3.31. The van der Waals surface area contributed by atoms with Gasteiger partial charge in [-0.2, -0.15) is 13.2 Å². The molecule has 1 amide bonds. The van der Waals surface area contributed by atoms with Crippen LogP contribution >= 0.6 is 0 Å². The van der Waals surface area contributed by atoms with E-state index < -0.39 is 17.8 Å². The first-order valence-corrected chi connectivity index (χ1v) is 10.8. The van der Waals surface area contributed by atoms with Gasteiger partial charge in [0.2, 0.25) is 5.91 Å². The number of likely N-dealkylation sites (tertiary alicyclic amines) is 1. The summed E-state index contributed by atoms with van der Waals surface area (Å²) in [4.78, 5) is 18.3. The predicted molar refractivity (Wildman–Crippen MR) is 111 cm³/mol. The highest BCUT2D eigenvalue weighted by Crippen LogP contribution is 2.43. The molecule has 4 rings (SSSR count). The van der Waals surface area contributed by atoms with E-state index in [0.29, 0.717) is 25.4 Å². The lowest BCUT2D eigenvalue weighted by Crippen LogP contribution is -2.45. The summed E-state index contributed by atoms with van der Waals surface area (Å²) in [5, 5.41) is 2.99. The highest BCUT2D eigenvalue weighted by atomic mass is 19.4. The number of alkyl halides is 3. The molecular weight excluding hydrogens is 423 g/mol. The molecule has 1 fully saturated rings. The topological polar surface area (TPSA) is 63.7 Å². The van der Waals surface area contributed by atoms with Crippen LogP contribution < -0.4 is 14.8 Å². The minimum Gasteiger partial charge on any atom is -0.486 e. The number of rotatable bonds is 6. The van der Waals surface area contributed by atoms with E-state index in [2.05, 4.69) is 15.2 Å². The maximum atomic E-state index is 13.3. The normalized spacial score (nSPS) is 19.5. The van der Waals surface area contributed by atoms with E-state index in [4.69, 9.17) is 9.47 Å². The van der Waals surface area contributed by atoms with Crippen LogP contribution in [0, 0.1) is 5.92 Å². The number of pyridine rings is 1. The molecular formula is C23H26F3N3O3. The summed E-state index contributed by atoms with van der Waals surface area (Å²) < 4.78 is 51.1. The van der Waals surface area contributed by atoms with Crippen LogP contribution in [0.4, 0.5) is 13.2 Å². The molecule has 1 aromatic heterocycles. The van der Waals surface area contributed by atoms with Crippen molar-refractivity contribution >= 4 is 5.91 Å². The molecule has 1 aromatic carbocycles. The SMILES string of the molecule is O=C(Cc1cccnc1)NCC1CCN(CC2COc3cccc(C(F)(F)F)c3O2)CC1. The van der Waals surface area contributed by atoms with Crippen molar-refractivity contribution in [2.75, 3.05) is 32.8 Å². The first-order chi connectivity index (χ1) is 15.4. The Balaban J connectivity index is 1.22. The van der Waals surface area contributed by atoms with Crippen molar-refractivity contribution in [1.29, 1.82) is 0 Å². The van der Waals surface area contributed by atoms with Crippen LogP contribution in [0.1, 0.15) is 24.0 Å². The number of halogens is 3. The van der Waals surface area contributed by atoms with Crippen molar-refractivity contribution in [2.24, 2.45) is 5.92 Å². The zero-order valence-electron chi connectivity index (χ0n) is 17.6. The quantitative estimate of drug-likeness (QED) is 0.733. The van der Waals surface area contributed by atoms with E-state index in [0.717, 1.165) is 37.6 Å². The largest absolute Gasteiger partial charge is 0.486 e. The van der Waals surface area contributed by atoms with Crippen molar-refractivity contribution in [2.45, 2.75) is 31.5 Å². The number of hydrogen-bond acceptors (Lipinski definition) is 5. The van der Waals surface area contributed by atoms with E-state index in [9.17, 15) is 18.0 Å². The Morgan fingerprint density at radius 2 is 2.00 bits per heavy atom. The van der Waals surface area contributed by atoms with Gasteiger partial charge < -0.3 is 14.8 Å². The molecule has 0 radical (unpaired) electrons. The van der Waals surface area contributed by atoms with Gasteiger partial charge in [-0.25, -0.2) is 0 Å². The molecule has 0 bridgehead atoms. The zero-order valence-corrected chi connectivity index (χ0v) is 17.6. The molecule has 1 saturated heterocycles. The molecule has 1 atom stereocenters. The third kappa shape index (κ3) is 5.70. The van der Waals surface area contributed by atoms with Crippen molar-refractivity contribution in [3.8, 4) is 11.5 Å². The van der Waals surface area contributed by atoms with Crippen LogP contribution in [0.15, 0.2) is 42.7 Å². The Morgan fingerprint density at radius 3 is 2.72 bits per heavy atom. The first kappa shape index (κ1) is 22.4. The number of para-hydroxylation sites is 1. The molecule has 0 aliphatic carbocycles. The molecule has 2 aromatic rings. The molecule has 172 valence electrons. The summed E-state index contributed by atoms with van der Waals surface area (Å²) in [5.41, 5.74) is 0.0743. The van der Waals surface area contributed by atoms with Crippen molar-refractivity contribution in [1.82, 2.24) is 15.2 Å². The Hall–Kier alpha value is -2.81. The lowest BCUT2D eigenvalue weighted by molar-refractivity contribution is -0.140. The molecule has 9 heteroatoms. The van der Waals surface area contributed by atoms with Crippen LogP contribution in [-0.4, -0.2) is 54.7 Å². The molecule has 6 nitrogen and oxygen atoms in total. The second-order valence-corrected chi connectivity index (χ2v) is 8.27. The number of fused-ring (bicyclic) bond motifs is 1. The summed E-state index contributed by atoms with van der Waals surface area (Å²) in [6.07, 6.45) is 0.542. The fourth-order valence-electron chi connectivity index (χ4n) is 4.12. The fourth-order valence-corrected chi connectivity index (χ4v) is 4.12. The Kier molecular flexibility index (Phi) is 6.83. The summed E-state index contributed by atoms with van der Waals surface area (Å²) >= 11 is 0. The number of benzene rings is 1. The molecule has 0 saturated carbocycles. The Labute approximate surface area is 184 Å². The molecule has 1 unspecified atom stereocenters. The van der Waals surface area contributed by atoms with Crippen LogP contribution in [-0.2, 0) is 17.4 Å². The number of aromatic nitrogens is 1. The van der Waals surface area contributed by atoms with Gasteiger partial charge in [0.25, 0.3) is 0 Å². The number of ether oxygens (including phenoxy) is 2. The Bertz CT molecular complexity index is 916.